The largest absolute Gasteiger partial charge is 0.365 e. The van der Waals surface area contributed by atoms with Crippen LogP contribution < -0.4 is 15.5 Å². The molecule has 176 valence electrons. The van der Waals surface area contributed by atoms with E-state index in [4.69, 9.17) is 9.97 Å². The first-order valence-corrected chi connectivity index (χ1v) is 12.3. The molecule has 2 amide bonds. The van der Waals surface area contributed by atoms with Gasteiger partial charge in [0.15, 0.2) is 0 Å². The van der Waals surface area contributed by atoms with Gasteiger partial charge in [-0.3, -0.25) is 14.6 Å². The molecule has 2 aromatic carbocycles. The molecule has 4 aliphatic rings. The van der Waals surface area contributed by atoms with Crippen LogP contribution in [0.25, 0.3) is 11.0 Å². The van der Waals surface area contributed by atoms with Crippen molar-refractivity contribution in [2.45, 2.75) is 37.1 Å². The average molecular weight is 475 g/mol. The molecule has 3 aliphatic heterocycles. The number of pyridine rings is 1. The van der Waals surface area contributed by atoms with E-state index in [1.54, 1.807) is 6.20 Å². The van der Waals surface area contributed by atoms with Crippen molar-refractivity contribution in [2.24, 2.45) is 0 Å². The molecule has 2 atom stereocenters. The van der Waals surface area contributed by atoms with Gasteiger partial charge in [0.05, 0.1) is 34.9 Å². The van der Waals surface area contributed by atoms with Crippen molar-refractivity contribution in [2.75, 3.05) is 22.1 Å². The molecular formula is C28H22N6O2. The summed E-state index contributed by atoms with van der Waals surface area (Å²) in [5, 5.41) is 5.98. The number of rotatable bonds is 2. The summed E-state index contributed by atoms with van der Waals surface area (Å²) >= 11 is 0. The van der Waals surface area contributed by atoms with E-state index in [0.29, 0.717) is 31.6 Å². The van der Waals surface area contributed by atoms with Gasteiger partial charge in [-0.2, -0.15) is 0 Å². The molecule has 1 aliphatic carbocycles. The first-order valence-electron chi connectivity index (χ1n) is 12.3. The lowest BCUT2D eigenvalue weighted by Crippen LogP contribution is -2.35. The molecule has 0 saturated carbocycles. The zero-order valence-corrected chi connectivity index (χ0v) is 19.4. The zero-order valence-electron chi connectivity index (χ0n) is 19.4. The number of carbonyl (C=O) groups is 2. The van der Waals surface area contributed by atoms with Gasteiger partial charge in [-0.05, 0) is 54.3 Å². The van der Waals surface area contributed by atoms with Crippen molar-refractivity contribution in [1.29, 1.82) is 0 Å². The van der Waals surface area contributed by atoms with E-state index in [0.717, 1.165) is 51.3 Å². The van der Waals surface area contributed by atoms with Crippen LogP contribution in [-0.2, 0) is 34.4 Å². The third kappa shape index (κ3) is 2.66. The minimum Gasteiger partial charge on any atom is -0.365 e. The lowest BCUT2D eigenvalue weighted by molar-refractivity contribution is -0.120. The summed E-state index contributed by atoms with van der Waals surface area (Å²) in [6, 6.07) is 14.2. The highest BCUT2D eigenvalue weighted by Crippen LogP contribution is 2.48. The number of carbonyl (C=O) groups excluding carboxylic acids is 2. The maximum atomic E-state index is 13.1. The molecule has 8 heteroatoms. The Labute approximate surface area is 206 Å². The Morgan fingerprint density at radius 2 is 1.86 bits per heavy atom. The van der Waals surface area contributed by atoms with Crippen LogP contribution in [0.1, 0.15) is 40.3 Å². The third-order valence-corrected chi connectivity index (χ3v) is 8.22. The normalized spacial score (nSPS) is 23.0. The molecule has 8 rings (SSSR count). The van der Waals surface area contributed by atoms with Crippen LogP contribution in [-0.4, -0.2) is 33.3 Å². The smallest absolute Gasteiger partial charge is 0.237 e. The van der Waals surface area contributed by atoms with Crippen LogP contribution in [0.2, 0.25) is 0 Å². The Bertz CT molecular complexity index is 1650. The van der Waals surface area contributed by atoms with E-state index in [1.807, 2.05) is 30.5 Å². The Kier molecular flexibility index (Phi) is 3.80. The number of fused-ring (bicyclic) bond motifs is 4. The molecule has 0 fully saturated rings. The third-order valence-electron chi connectivity index (χ3n) is 8.22. The summed E-state index contributed by atoms with van der Waals surface area (Å²) in [5.41, 5.74) is 8.57. The van der Waals surface area contributed by atoms with Gasteiger partial charge in [-0.25, -0.2) is 9.97 Å². The quantitative estimate of drug-likeness (QED) is 0.462. The second-order valence-electron chi connectivity index (χ2n) is 10.3. The number of amides is 2. The van der Waals surface area contributed by atoms with Gasteiger partial charge >= 0.3 is 0 Å². The fourth-order valence-corrected chi connectivity index (χ4v) is 6.65. The van der Waals surface area contributed by atoms with Gasteiger partial charge < -0.3 is 15.5 Å². The SMILES string of the molecule is O=C1CC2CN(Cc3cnc4cc5c(cc4n3)CC3(C5)C(=O)Nc4ncccc43)c3cccc(c32)N1. The van der Waals surface area contributed by atoms with Gasteiger partial charge in [-0.1, -0.05) is 12.1 Å². The van der Waals surface area contributed by atoms with E-state index in [-0.39, 0.29) is 17.7 Å². The van der Waals surface area contributed by atoms with E-state index < -0.39 is 5.41 Å². The summed E-state index contributed by atoms with van der Waals surface area (Å²) in [7, 11) is 0. The highest BCUT2D eigenvalue weighted by Gasteiger charge is 2.51. The Morgan fingerprint density at radius 3 is 2.75 bits per heavy atom. The predicted octanol–water partition coefficient (Wildman–Crippen LogP) is 3.46. The Morgan fingerprint density at radius 1 is 1.00 bits per heavy atom. The number of hydrogen-bond donors (Lipinski definition) is 2. The zero-order chi connectivity index (χ0) is 24.0. The van der Waals surface area contributed by atoms with Gasteiger partial charge in [0.25, 0.3) is 0 Å². The molecule has 2 N–H and O–H groups in total. The van der Waals surface area contributed by atoms with Crippen molar-refractivity contribution in [1.82, 2.24) is 15.0 Å². The van der Waals surface area contributed by atoms with Gasteiger partial charge in [-0.15, -0.1) is 0 Å². The monoisotopic (exact) mass is 474 g/mol. The van der Waals surface area contributed by atoms with Crippen LogP contribution in [0.4, 0.5) is 17.2 Å². The molecule has 4 aromatic rings. The average Bonchev–Trinajstić information content (AvgIpc) is 3.50. The molecule has 36 heavy (non-hydrogen) atoms. The fourth-order valence-electron chi connectivity index (χ4n) is 6.65. The van der Waals surface area contributed by atoms with Crippen molar-refractivity contribution >= 4 is 40.0 Å². The van der Waals surface area contributed by atoms with Crippen LogP contribution in [0.3, 0.4) is 0 Å². The Hall–Kier alpha value is -4.33. The topological polar surface area (TPSA) is 100 Å². The van der Waals surface area contributed by atoms with Gasteiger partial charge in [0.1, 0.15) is 5.82 Å². The first kappa shape index (κ1) is 19.9. The predicted molar refractivity (Wildman–Crippen MR) is 135 cm³/mol. The van der Waals surface area contributed by atoms with Gasteiger partial charge in [0, 0.05) is 47.6 Å². The molecule has 0 saturated heterocycles. The highest BCUT2D eigenvalue weighted by molar-refractivity contribution is 6.06. The van der Waals surface area contributed by atoms with Gasteiger partial charge in [0.2, 0.25) is 11.8 Å². The lowest BCUT2D eigenvalue weighted by atomic mass is 9.79. The van der Waals surface area contributed by atoms with E-state index in [9.17, 15) is 9.59 Å². The number of benzene rings is 2. The summed E-state index contributed by atoms with van der Waals surface area (Å²) in [6.07, 6.45) is 5.36. The summed E-state index contributed by atoms with van der Waals surface area (Å²) in [6.45, 7) is 1.43. The lowest BCUT2D eigenvalue weighted by Gasteiger charge is -2.20. The van der Waals surface area contributed by atoms with Crippen molar-refractivity contribution in [3.05, 3.63) is 82.8 Å². The molecule has 0 radical (unpaired) electrons. The van der Waals surface area contributed by atoms with Crippen LogP contribution >= 0.6 is 0 Å². The van der Waals surface area contributed by atoms with Crippen molar-refractivity contribution < 1.29 is 9.59 Å². The van der Waals surface area contributed by atoms with E-state index >= 15 is 0 Å². The van der Waals surface area contributed by atoms with Crippen LogP contribution in [0, 0.1) is 0 Å². The van der Waals surface area contributed by atoms with E-state index in [1.165, 1.54) is 5.56 Å². The molecule has 2 aromatic heterocycles. The number of hydrogen-bond acceptors (Lipinski definition) is 6. The maximum absolute atomic E-state index is 13.1. The molecule has 8 nitrogen and oxygen atoms in total. The van der Waals surface area contributed by atoms with E-state index in [2.05, 4.69) is 38.7 Å². The minimum absolute atomic E-state index is 0.0185. The molecule has 1 spiro atoms. The second kappa shape index (κ2) is 6.87. The molecule has 5 heterocycles. The summed E-state index contributed by atoms with van der Waals surface area (Å²) < 4.78 is 0. The highest BCUT2D eigenvalue weighted by atomic mass is 16.2. The summed E-state index contributed by atoms with van der Waals surface area (Å²) in [4.78, 5) is 41.6. The van der Waals surface area contributed by atoms with Crippen LogP contribution in [0.15, 0.2) is 54.9 Å². The molecular weight excluding hydrogens is 452 g/mol. The Balaban J connectivity index is 1.12. The maximum Gasteiger partial charge on any atom is 0.237 e. The number of aromatic nitrogens is 3. The van der Waals surface area contributed by atoms with Crippen molar-refractivity contribution in [3.8, 4) is 0 Å². The summed E-state index contributed by atoms with van der Waals surface area (Å²) in [5.74, 6) is 0.988. The number of nitrogens with one attached hydrogen (secondary N) is 2. The first-order chi connectivity index (χ1) is 17.6. The van der Waals surface area contributed by atoms with Crippen LogP contribution in [0.5, 0.6) is 0 Å². The molecule has 2 unspecified atom stereocenters. The minimum atomic E-state index is -0.601. The standard InChI is InChI=1S/C28H22N6O2/c35-24-9-17-13-34(23-5-1-4-20(32-24)25(17)23)14-18-12-30-21-7-15-10-28(11-16(15)8-22(21)31-18)19-3-2-6-29-26(19)33-27(28)36/h1-8,12,17H,9-11,13-14H2,(H,32,35)(H,29,33,36). The number of anilines is 3. The fraction of sp³-hybridized carbons (Fsp3) is 0.250. The number of nitrogens with zero attached hydrogens (tertiary/aromatic N) is 4. The second-order valence-corrected chi connectivity index (χ2v) is 10.3. The van der Waals surface area contributed by atoms with Crippen molar-refractivity contribution in [3.63, 3.8) is 0 Å². The molecule has 0 bridgehead atoms.